The van der Waals surface area contributed by atoms with Crippen LogP contribution in [0, 0.1) is 19.7 Å². The lowest BCUT2D eigenvalue weighted by Crippen LogP contribution is -2.51. The number of carbonyl (C=O) groups excluding carboxylic acids is 2. The van der Waals surface area contributed by atoms with Crippen LogP contribution in [0.4, 0.5) is 4.39 Å². The molecule has 1 aliphatic carbocycles. The van der Waals surface area contributed by atoms with Gasteiger partial charge in [0, 0.05) is 12.6 Å². The Bertz CT molecular complexity index is 884. The molecule has 1 aliphatic rings. The Morgan fingerprint density at radius 1 is 1.03 bits per heavy atom. The lowest BCUT2D eigenvalue weighted by molar-refractivity contribution is -0.141. The van der Waals surface area contributed by atoms with Gasteiger partial charge in [-0.15, -0.1) is 0 Å². The predicted molar refractivity (Wildman–Crippen MR) is 121 cm³/mol. The van der Waals surface area contributed by atoms with Crippen LogP contribution in [0.3, 0.4) is 0 Å². The summed E-state index contributed by atoms with van der Waals surface area (Å²) in [6.07, 6.45) is 5.02. The molecule has 1 atom stereocenters. The highest BCUT2D eigenvalue weighted by molar-refractivity contribution is 5.88. The molecule has 2 aromatic carbocycles. The Morgan fingerprint density at radius 2 is 1.65 bits per heavy atom. The fourth-order valence-corrected chi connectivity index (χ4v) is 4.52. The molecule has 3 rings (SSSR count). The van der Waals surface area contributed by atoms with E-state index in [0.29, 0.717) is 6.42 Å². The van der Waals surface area contributed by atoms with Gasteiger partial charge in [-0.3, -0.25) is 9.59 Å². The van der Waals surface area contributed by atoms with Crippen molar-refractivity contribution in [2.75, 3.05) is 0 Å². The first-order chi connectivity index (χ1) is 14.9. The fourth-order valence-electron chi connectivity index (χ4n) is 4.52. The molecule has 2 aromatic rings. The Morgan fingerprint density at radius 3 is 2.23 bits per heavy atom. The summed E-state index contributed by atoms with van der Waals surface area (Å²) in [5, 5.41) is 3.15. The van der Waals surface area contributed by atoms with Crippen LogP contribution in [0.25, 0.3) is 0 Å². The van der Waals surface area contributed by atoms with E-state index in [1.807, 2.05) is 32.9 Å². The fraction of sp³-hybridized carbons (Fsp3) is 0.462. The molecule has 5 heteroatoms. The number of amides is 2. The van der Waals surface area contributed by atoms with Crippen molar-refractivity contribution in [1.29, 1.82) is 0 Å². The topological polar surface area (TPSA) is 49.4 Å². The largest absolute Gasteiger partial charge is 0.352 e. The third-order valence-corrected chi connectivity index (χ3v) is 5.99. The van der Waals surface area contributed by atoms with Crippen LogP contribution in [0.15, 0.2) is 42.5 Å². The van der Waals surface area contributed by atoms with Gasteiger partial charge < -0.3 is 10.2 Å². The van der Waals surface area contributed by atoms with E-state index >= 15 is 0 Å². The minimum atomic E-state index is -0.552. The zero-order chi connectivity index (χ0) is 22.4. The second-order valence-electron chi connectivity index (χ2n) is 8.73. The standard InChI is InChI=1S/C26H33FN2O2/c1-4-24(26(31)28-23-7-5-6-8-23)29(17-20-9-11-22(27)12-10-20)25(30)16-21-14-18(2)13-19(3)15-21/h9-15,23-24H,4-8,16-17H2,1-3H3,(H,28,31)/t24-/m0/s1. The molecule has 0 aliphatic heterocycles. The molecule has 1 fully saturated rings. The predicted octanol–water partition coefficient (Wildman–Crippen LogP) is 4.85. The maximum atomic E-state index is 13.4. The van der Waals surface area contributed by atoms with E-state index in [1.165, 1.54) is 12.1 Å². The van der Waals surface area contributed by atoms with Gasteiger partial charge in [0.25, 0.3) is 0 Å². The SMILES string of the molecule is CC[C@@H](C(=O)NC1CCCC1)N(Cc1ccc(F)cc1)C(=O)Cc1cc(C)cc(C)c1. The first-order valence-corrected chi connectivity index (χ1v) is 11.3. The summed E-state index contributed by atoms with van der Waals surface area (Å²) in [6, 6.07) is 11.9. The van der Waals surface area contributed by atoms with Crippen LogP contribution < -0.4 is 5.32 Å². The third-order valence-electron chi connectivity index (χ3n) is 5.99. The number of hydrogen-bond donors (Lipinski definition) is 1. The minimum Gasteiger partial charge on any atom is -0.352 e. The summed E-state index contributed by atoms with van der Waals surface area (Å²) in [6.45, 7) is 6.24. The molecular weight excluding hydrogens is 391 g/mol. The van der Waals surface area contributed by atoms with Gasteiger partial charge in [-0.2, -0.15) is 0 Å². The number of halogens is 1. The van der Waals surface area contributed by atoms with Crippen molar-refractivity contribution in [3.05, 3.63) is 70.5 Å². The zero-order valence-electron chi connectivity index (χ0n) is 18.8. The van der Waals surface area contributed by atoms with Crippen molar-refractivity contribution in [3.8, 4) is 0 Å². The molecule has 2 amide bonds. The molecule has 1 saturated carbocycles. The van der Waals surface area contributed by atoms with Gasteiger partial charge in [-0.1, -0.05) is 61.2 Å². The smallest absolute Gasteiger partial charge is 0.243 e. The van der Waals surface area contributed by atoms with E-state index in [1.54, 1.807) is 17.0 Å². The lowest BCUT2D eigenvalue weighted by Gasteiger charge is -2.31. The molecule has 0 spiro atoms. The number of carbonyl (C=O) groups is 2. The summed E-state index contributed by atoms with van der Waals surface area (Å²) in [4.78, 5) is 28.2. The number of hydrogen-bond acceptors (Lipinski definition) is 2. The molecule has 0 saturated heterocycles. The molecule has 4 nitrogen and oxygen atoms in total. The van der Waals surface area contributed by atoms with E-state index in [4.69, 9.17) is 0 Å². The molecule has 31 heavy (non-hydrogen) atoms. The van der Waals surface area contributed by atoms with Crippen LogP contribution in [0.1, 0.15) is 61.3 Å². The maximum Gasteiger partial charge on any atom is 0.243 e. The van der Waals surface area contributed by atoms with Gasteiger partial charge in [-0.05, 0) is 56.4 Å². The molecule has 0 unspecified atom stereocenters. The normalized spacial score (nSPS) is 15.0. The minimum absolute atomic E-state index is 0.0923. The third kappa shape index (κ3) is 6.39. The summed E-state index contributed by atoms with van der Waals surface area (Å²) in [7, 11) is 0. The Kier molecular flexibility index (Phi) is 7.83. The van der Waals surface area contributed by atoms with Gasteiger partial charge in [0.05, 0.1) is 6.42 Å². The van der Waals surface area contributed by atoms with E-state index in [-0.39, 0.29) is 36.6 Å². The first-order valence-electron chi connectivity index (χ1n) is 11.3. The molecule has 166 valence electrons. The Balaban J connectivity index is 1.83. The monoisotopic (exact) mass is 424 g/mol. The summed E-state index contributed by atoms with van der Waals surface area (Å²) in [5.41, 5.74) is 3.97. The van der Waals surface area contributed by atoms with Gasteiger partial charge in [-0.25, -0.2) is 4.39 Å². The zero-order valence-corrected chi connectivity index (χ0v) is 18.8. The van der Waals surface area contributed by atoms with E-state index < -0.39 is 6.04 Å². The summed E-state index contributed by atoms with van der Waals surface area (Å²) < 4.78 is 13.4. The molecule has 0 radical (unpaired) electrons. The molecule has 1 N–H and O–H groups in total. The second-order valence-corrected chi connectivity index (χ2v) is 8.73. The summed E-state index contributed by atoms with van der Waals surface area (Å²) >= 11 is 0. The number of rotatable bonds is 8. The van der Waals surface area contributed by atoms with E-state index in [2.05, 4.69) is 11.4 Å². The van der Waals surface area contributed by atoms with Crippen LogP contribution in [-0.2, 0) is 22.6 Å². The highest BCUT2D eigenvalue weighted by atomic mass is 19.1. The van der Waals surface area contributed by atoms with Gasteiger partial charge in [0.1, 0.15) is 11.9 Å². The van der Waals surface area contributed by atoms with Crippen molar-refractivity contribution >= 4 is 11.8 Å². The highest BCUT2D eigenvalue weighted by Gasteiger charge is 2.30. The average molecular weight is 425 g/mol. The summed E-state index contributed by atoms with van der Waals surface area (Å²) in [5.74, 6) is -0.504. The Hall–Kier alpha value is -2.69. The van der Waals surface area contributed by atoms with Gasteiger partial charge in [0.2, 0.25) is 11.8 Å². The second kappa shape index (κ2) is 10.6. The molecule has 0 bridgehead atoms. The van der Waals surface area contributed by atoms with Crippen molar-refractivity contribution in [1.82, 2.24) is 10.2 Å². The number of aryl methyl sites for hydroxylation is 2. The number of nitrogens with zero attached hydrogens (tertiary/aromatic N) is 1. The van der Waals surface area contributed by atoms with Crippen LogP contribution in [-0.4, -0.2) is 28.8 Å². The number of nitrogens with one attached hydrogen (secondary N) is 1. The van der Waals surface area contributed by atoms with Crippen molar-refractivity contribution in [2.24, 2.45) is 0 Å². The van der Waals surface area contributed by atoms with Crippen molar-refractivity contribution < 1.29 is 14.0 Å². The number of benzene rings is 2. The molecule has 0 heterocycles. The quantitative estimate of drug-likeness (QED) is 0.658. The van der Waals surface area contributed by atoms with Gasteiger partial charge >= 0.3 is 0 Å². The molecular formula is C26H33FN2O2. The van der Waals surface area contributed by atoms with Crippen LogP contribution in [0.2, 0.25) is 0 Å². The Labute approximate surface area is 184 Å². The van der Waals surface area contributed by atoms with E-state index in [0.717, 1.165) is 47.9 Å². The average Bonchev–Trinajstić information content (AvgIpc) is 3.21. The van der Waals surface area contributed by atoms with Crippen molar-refractivity contribution in [2.45, 2.75) is 77.9 Å². The van der Waals surface area contributed by atoms with Crippen LogP contribution >= 0.6 is 0 Å². The highest BCUT2D eigenvalue weighted by Crippen LogP contribution is 2.20. The van der Waals surface area contributed by atoms with Crippen molar-refractivity contribution in [3.63, 3.8) is 0 Å². The maximum absolute atomic E-state index is 13.4. The van der Waals surface area contributed by atoms with E-state index in [9.17, 15) is 14.0 Å². The van der Waals surface area contributed by atoms with Crippen LogP contribution in [0.5, 0.6) is 0 Å². The molecule has 0 aromatic heterocycles. The lowest BCUT2D eigenvalue weighted by atomic mass is 10.0. The van der Waals surface area contributed by atoms with Gasteiger partial charge in [0.15, 0.2) is 0 Å². The first kappa shape index (κ1) is 23.0.